The lowest BCUT2D eigenvalue weighted by Crippen LogP contribution is -2.38. The van der Waals surface area contributed by atoms with Crippen LogP contribution >= 0.6 is 0 Å². The first-order valence-electron chi connectivity index (χ1n) is 10.2. The molecule has 1 fully saturated rings. The van der Waals surface area contributed by atoms with Gasteiger partial charge in [-0.25, -0.2) is 0 Å². The SMILES string of the molecule is COc1cc2nn([C@H]3CC[C@](C)(O)CC3)cc2cc1NC(=O)c1cccc(OC)[n+]1[O-]. The van der Waals surface area contributed by atoms with E-state index in [4.69, 9.17) is 9.47 Å². The van der Waals surface area contributed by atoms with E-state index in [-0.39, 0.29) is 17.6 Å². The number of nitrogens with one attached hydrogen (secondary N) is 1. The van der Waals surface area contributed by atoms with Crippen LogP contribution in [0.4, 0.5) is 5.69 Å². The maximum Gasteiger partial charge on any atom is 0.379 e. The normalized spacial score (nSPS) is 21.1. The van der Waals surface area contributed by atoms with Crippen LogP contribution in [0.1, 0.15) is 49.1 Å². The zero-order valence-electron chi connectivity index (χ0n) is 17.8. The molecule has 0 radical (unpaired) electrons. The highest BCUT2D eigenvalue weighted by Crippen LogP contribution is 2.36. The lowest BCUT2D eigenvalue weighted by atomic mass is 9.84. The first-order chi connectivity index (χ1) is 14.8. The van der Waals surface area contributed by atoms with Gasteiger partial charge in [0, 0.05) is 23.7 Å². The Labute approximate surface area is 179 Å². The summed E-state index contributed by atoms with van der Waals surface area (Å²) in [4.78, 5) is 12.7. The molecule has 2 aromatic heterocycles. The van der Waals surface area contributed by atoms with Crippen LogP contribution in [0.25, 0.3) is 10.9 Å². The second-order valence-electron chi connectivity index (χ2n) is 8.15. The van der Waals surface area contributed by atoms with Gasteiger partial charge in [-0.3, -0.25) is 9.48 Å². The number of hydrogen-bond acceptors (Lipinski definition) is 6. The molecule has 0 atom stereocenters. The van der Waals surface area contributed by atoms with E-state index in [1.165, 1.54) is 26.4 Å². The molecular weight excluding hydrogens is 400 g/mol. The Morgan fingerprint density at radius 1 is 1.29 bits per heavy atom. The molecule has 164 valence electrons. The van der Waals surface area contributed by atoms with Crippen molar-refractivity contribution in [2.45, 2.75) is 44.2 Å². The molecule has 1 aliphatic rings. The number of aliphatic hydroxyl groups is 1. The first kappa shape index (κ1) is 20.9. The van der Waals surface area contributed by atoms with Gasteiger partial charge < -0.3 is 25.1 Å². The number of aromatic nitrogens is 3. The molecule has 4 rings (SSSR count). The quantitative estimate of drug-likeness (QED) is 0.479. The summed E-state index contributed by atoms with van der Waals surface area (Å²) in [5, 5.41) is 30.8. The number of rotatable bonds is 5. The molecule has 0 unspecified atom stereocenters. The standard InChI is InChI=1S/C22H26N4O5/c1-22(28)9-7-15(8-10-22)25-13-14-11-17(19(30-2)12-16(14)24-25)23-21(27)18-5-4-6-20(31-3)26(18)29/h4-6,11-13,15,28H,7-10H2,1-3H3,(H,23,27)/t15-,22-. The van der Waals surface area contributed by atoms with Gasteiger partial charge in [0.05, 0.1) is 43.1 Å². The smallest absolute Gasteiger partial charge is 0.379 e. The Bertz CT molecular complexity index is 1110. The van der Waals surface area contributed by atoms with Crippen LogP contribution in [0.2, 0.25) is 0 Å². The van der Waals surface area contributed by atoms with Crippen LogP contribution in [0, 0.1) is 5.21 Å². The molecule has 0 spiro atoms. The van der Waals surface area contributed by atoms with Gasteiger partial charge in [0.1, 0.15) is 5.75 Å². The third-order valence-corrected chi connectivity index (χ3v) is 5.85. The fraction of sp³-hybridized carbons (Fsp3) is 0.409. The van der Waals surface area contributed by atoms with Crippen molar-refractivity contribution in [1.82, 2.24) is 9.78 Å². The van der Waals surface area contributed by atoms with E-state index in [0.29, 0.717) is 16.2 Å². The Morgan fingerprint density at radius 3 is 2.71 bits per heavy atom. The molecule has 9 nitrogen and oxygen atoms in total. The van der Waals surface area contributed by atoms with Crippen LogP contribution in [-0.4, -0.2) is 40.6 Å². The topological polar surface area (TPSA) is 113 Å². The number of ether oxygens (including phenoxy) is 2. The fourth-order valence-corrected chi connectivity index (χ4v) is 4.00. The maximum atomic E-state index is 12.7. The largest absolute Gasteiger partial charge is 0.615 e. The minimum Gasteiger partial charge on any atom is -0.615 e. The molecule has 1 aromatic carbocycles. The summed E-state index contributed by atoms with van der Waals surface area (Å²) >= 11 is 0. The van der Waals surface area contributed by atoms with Crippen molar-refractivity contribution < 1.29 is 24.1 Å². The van der Waals surface area contributed by atoms with Gasteiger partial charge in [0.2, 0.25) is 0 Å². The number of carbonyl (C=O) groups excluding carboxylic acids is 1. The fourth-order valence-electron chi connectivity index (χ4n) is 4.00. The van der Waals surface area contributed by atoms with E-state index in [2.05, 4.69) is 10.4 Å². The molecule has 0 bridgehead atoms. The number of fused-ring (bicyclic) bond motifs is 1. The average Bonchev–Trinajstić information content (AvgIpc) is 3.15. The second kappa shape index (κ2) is 8.07. The van der Waals surface area contributed by atoms with Crippen molar-refractivity contribution in [2.24, 2.45) is 0 Å². The van der Waals surface area contributed by atoms with Gasteiger partial charge in [-0.2, -0.15) is 5.10 Å². The summed E-state index contributed by atoms with van der Waals surface area (Å²) in [6.45, 7) is 1.87. The van der Waals surface area contributed by atoms with Crippen LogP contribution in [0.15, 0.2) is 36.5 Å². The van der Waals surface area contributed by atoms with Crippen molar-refractivity contribution in [3.8, 4) is 11.6 Å². The van der Waals surface area contributed by atoms with Gasteiger partial charge in [0.25, 0.3) is 5.69 Å². The molecule has 31 heavy (non-hydrogen) atoms. The van der Waals surface area contributed by atoms with Gasteiger partial charge in [-0.15, -0.1) is 4.73 Å². The number of hydrogen-bond donors (Lipinski definition) is 2. The van der Waals surface area contributed by atoms with Crippen LogP contribution in [0.5, 0.6) is 11.6 Å². The Kier molecular flexibility index (Phi) is 5.45. The van der Waals surface area contributed by atoms with Gasteiger partial charge in [-0.05, 0) is 44.7 Å². The Hall–Kier alpha value is -3.33. The maximum absolute atomic E-state index is 12.7. The molecule has 2 heterocycles. The molecular formula is C22H26N4O5. The van der Waals surface area contributed by atoms with Crippen LogP contribution in [-0.2, 0) is 0 Å². The molecule has 9 heteroatoms. The zero-order chi connectivity index (χ0) is 22.2. The highest BCUT2D eigenvalue weighted by molar-refractivity contribution is 6.04. The van der Waals surface area contributed by atoms with Gasteiger partial charge in [0.15, 0.2) is 0 Å². The molecule has 1 saturated carbocycles. The average molecular weight is 426 g/mol. The Morgan fingerprint density at radius 2 is 2.03 bits per heavy atom. The predicted octanol–water partition coefficient (Wildman–Crippen LogP) is 2.81. The lowest BCUT2D eigenvalue weighted by molar-refractivity contribution is -0.614. The summed E-state index contributed by atoms with van der Waals surface area (Å²) in [5.41, 5.74) is 0.482. The minimum absolute atomic E-state index is 0.0304. The molecule has 1 aliphatic carbocycles. The number of amides is 1. The Balaban J connectivity index is 1.62. The highest BCUT2D eigenvalue weighted by atomic mass is 16.5. The van der Waals surface area contributed by atoms with E-state index < -0.39 is 11.5 Å². The number of nitrogens with zero attached hydrogens (tertiary/aromatic N) is 3. The summed E-state index contributed by atoms with van der Waals surface area (Å²) in [5.74, 6) is -0.103. The molecule has 1 amide bonds. The summed E-state index contributed by atoms with van der Waals surface area (Å²) in [6.07, 6.45) is 5.10. The number of methoxy groups -OCH3 is 2. The van der Waals surface area contributed by atoms with Crippen LogP contribution < -0.4 is 19.5 Å². The summed E-state index contributed by atoms with van der Waals surface area (Å²) in [6, 6.07) is 8.24. The van der Waals surface area contributed by atoms with Crippen molar-refractivity contribution >= 4 is 22.5 Å². The van der Waals surface area contributed by atoms with Crippen LogP contribution in [0.3, 0.4) is 0 Å². The molecule has 0 saturated heterocycles. The number of benzene rings is 1. The molecule has 3 aromatic rings. The van der Waals surface area contributed by atoms with Crippen molar-refractivity contribution in [1.29, 1.82) is 0 Å². The lowest BCUT2D eigenvalue weighted by Gasteiger charge is -2.33. The van der Waals surface area contributed by atoms with Crippen molar-refractivity contribution in [3.05, 3.63) is 47.4 Å². The number of anilines is 1. The predicted molar refractivity (Wildman–Crippen MR) is 114 cm³/mol. The minimum atomic E-state index is -0.609. The first-order valence-corrected chi connectivity index (χ1v) is 10.2. The van der Waals surface area contributed by atoms with E-state index in [0.717, 1.165) is 36.6 Å². The van der Waals surface area contributed by atoms with E-state index in [9.17, 15) is 15.1 Å². The van der Waals surface area contributed by atoms with Crippen molar-refractivity contribution in [2.75, 3.05) is 19.5 Å². The monoisotopic (exact) mass is 426 g/mol. The number of pyridine rings is 1. The summed E-state index contributed by atoms with van der Waals surface area (Å²) in [7, 11) is 2.88. The zero-order valence-corrected chi connectivity index (χ0v) is 17.8. The van der Waals surface area contributed by atoms with Gasteiger partial charge >= 0.3 is 11.8 Å². The van der Waals surface area contributed by atoms with E-state index in [1.807, 2.05) is 17.8 Å². The third-order valence-electron chi connectivity index (χ3n) is 5.85. The molecule has 2 N–H and O–H groups in total. The second-order valence-corrected chi connectivity index (χ2v) is 8.15. The highest BCUT2D eigenvalue weighted by Gasteiger charge is 2.30. The summed E-state index contributed by atoms with van der Waals surface area (Å²) < 4.78 is 12.8. The third kappa shape index (κ3) is 4.13. The van der Waals surface area contributed by atoms with Crippen molar-refractivity contribution in [3.63, 3.8) is 0 Å². The molecule has 0 aliphatic heterocycles. The van der Waals surface area contributed by atoms with E-state index in [1.54, 1.807) is 18.2 Å². The van der Waals surface area contributed by atoms with Gasteiger partial charge in [-0.1, -0.05) is 0 Å². The van der Waals surface area contributed by atoms with E-state index >= 15 is 0 Å². The number of carbonyl (C=O) groups is 1.